The SMILES string of the molecule is O=C1N[C@H]2CCCC[C@H]2[NH2+][C@H]1CC(=O)N1CCC(c2ccccc2)CC1. The minimum atomic E-state index is -0.242. The Morgan fingerprint density at radius 2 is 1.81 bits per heavy atom. The van der Waals surface area contributed by atoms with Gasteiger partial charge in [0, 0.05) is 19.5 Å². The first kappa shape index (κ1) is 17.5. The van der Waals surface area contributed by atoms with E-state index in [1.54, 1.807) is 0 Å². The zero-order chi connectivity index (χ0) is 17.9. The van der Waals surface area contributed by atoms with E-state index in [2.05, 4.69) is 34.9 Å². The number of likely N-dealkylation sites (tertiary alicyclic amines) is 1. The van der Waals surface area contributed by atoms with E-state index in [-0.39, 0.29) is 17.9 Å². The summed E-state index contributed by atoms with van der Waals surface area (Å²) in [6.07, 6.45) is 7.04. The average Bonchev–Trinajstić information content (AvgIpc) is 2.69. The molecule has 2 saturated heterocycles. The van der Waals surface area contributed by atoms with Gasteiger partial charge in [-0.15, -0.1) is 0 Å². The van der Waals surface area contributed by atoms with Crippen molar-refractivity contribution in [3.05, 3.63) is 35.9 Å². The van der Waals surface area contributed by atoms with Crippen LogP contribution in [-0.2, 0) is 9.59 Å². The van der Waals surface area contributed by atoms with Crippen molar-refractivity contribution in [1.82, 2.24) is 10.2 Å². The Kier molecular flexibility index (Phi) is 5.25. The molecule has 0 unspecified atom stereocenters. The monoisotopic (exact) mass is 356 g/mol. The lowest BCUT2D eigenvalue weighted by Gasteiger charge is -2.38. The van der Waals surface area contributed by atoms with Gasteiger partial charge >= 0.3 is 0 Å². The van der Waals surface area contributed by atoms with Crippen molar-refractivity contribution in [3.8, 4) is 0 Å². The predicted octanol–water partition coefficient (Wildman–Crippen LogP) is 1.16. The summed E-state index contributed by atoms with van der Waals surface area (Å²) in [4.78, 5) is 27.1. The van der Waals surface area contributed by atoms with Gasteiger partial charge in [0.25, 0.3) is 5.91 Å². The van der Waals surface area contributed by atoms with Crippen LogP contribution in [0.5, 0.6) is 0 Å². The van der Waals surface area contributed by atoms with Crippen LogP contribution in [0.4, 0.5) is 0 Å². The van der Waals surface area contributed by atoms with Gasteiger partial charge in [-0.25, -0.2) is 0 Å². The zero-order valence-electron chi connectivity index (χ0n) is 15.4. The number of quaternary nitrogens is 1. The molecule has 5 heteroatoms. The molecule has 1 aromatic rings. The summed E-state index contributed by atoms with van der Waals surface area (Å²) in [7, 11) is 0. The minimum absolute atomic E-state index is 0.0562. The molecule has 1 aliphatic carbocycles. The smallest absolute Gasteiger partial charge is 0.279 e. The first-order valence-corrected chi connectivity index (χ1v) is 10.2. The Bertz CT molecular complexity index is 640. The van der Waals surface area contributed by atoms with Gasteiger partial charge in [-0.2, -0.15) is 0 Å². The summed E-state index contributed by atoms with van der Waals surface area (Å²) >= 11 is 0. The zero-order valence-corrected chi connectivity index (χ0v) is 15.4. The van der Waals surface area contributed by atoms with Gasteiger partial charge in [0.15, 0.2) is 6.04 Å². The quantitative estimate of drug-likeness (QED) is 0.853. The third-order valence-corrected chi connectivity index (χ3v) is 6.48. The minimum Gasteiger partial charge on any atom is -0.342 e. The second kappa shape index (κ2) is 7.78. The third kappa shape index (κ3) is 3.78. The van der Waals surface area contributed by atoms with E-state index in [1.807, 2.05) is 11.0 Å². The first-order valence-electron chi connectivity index (χ1n) is 10.2. The fourth-order valence-corrected chi connectivity index (χ4v) is 4.91. The number of piperidine rings is 1. The fourth-order valence-electron chi connectivity index (χ4n) is 4.91. The van der Waals surface area contributed by atoms with Gasteiger partial charge in [-0.3, -0.25) is 9.59 Å². The molecule has 140 valence electrons. The number of fused-ring (bicyclic) bond motifs is 1. The van der Waals surface area contributed by atoms with Crippen LogP contribution in [0.2, 0.25) is 0 Å². The Hall–Kier alpha value is -1.88. The van der Waals surface area contributed by atoms with Crippen molar-refractivity contribution in [2.75, 3.05) is 13.1 Å². The van der Waals surface area contributed by atoms with E-state index in [0.717, 1.165) is 38.8 Å². The highest BCUT2D eigenvalue weighted by Crippen LogP contribution is 2.28. The van der Waals surface area contributed by atoms with Crippen molar-refractivity contribution in [3.63, 3.8) is 0 Å². The van der Waals surface area contributed by atoms with Gasteiger partial charge in [-0.1, -0.05) is 36.8 Å². The van der Waals surface area contributed by atoms with Gasteiger partial charge < -0.3 is 15.5 Å². The summed E-state index contributed by atoms with van der Waals surface area (Å²) in [5.74, 6) is 0.746. The summed E-state index contributed by atoms with van der Waals surface area (Å²) in [6, 6.07) is 11.1. The van der Waals surface area contributed by atoms with Crippen LogP contribution in [0.15, 0.2) is 30.3 Å². The fraction of sp³-hybridized carbons (Fsp3) is 0.619. The number of nitrogens with one attached hydrogen (secondary N) is 1. The molecule has 4 rings (SSSR count). The van der Waals surface area contributed by atoms with Gasteiger partial charge in [0.2, 0.25) is 5.91 Å². The largest absolute Gasteiger partial charge is 0.342 e. The maximum atomic E-state index is 12.7. The molecule has 3 atom stereocenters. The van der Waals surface area contributed by atoms with Gasteiger partial charge in [0.05, 0.1) is 12.5 Å². The number of rotatable bonds is 3. The molecule has 0 radical (unpaired) electrons. The normalized spacial score (nSPS) is 29.8. The van der Waals surface area contributed by atoms with Crippen LogP contribution in [0, 0.1) is 0 Å². The second-order valence-corrected chi connectivity index (χ2v) is 8.13. The van der Waals surface area contributed by atoms with E-state index in [4.69, 9.17) is 0 Å². The maximum absolute atomic E-state index is 12.7. The van der Waals surface area contributed by atoms with Gasteiger partial charge in [0.1, 0.15) is 6.04 Å². The van der Waals surface area contributed by atoms with Crippen molar-refractivity contribution < 1.29 is 14.9 Å². The predicted molar refractivity (Wildman–Crippen MR) is 99.5 cm³/mol. The molecule has 3 aliphatic rings. The summed E-state index contributed by atoms with van der Waals surface area (Å²) < 4.78 is 0. The topological polar surface area (TPSA) is 66.0 Å². The molecule has 2 heterocycles. The lowest BCUT2D eigenvalue weighted by atomic mass is 9.87. The third-order valence-electron chi connectivity index (χ3n) is 6.48. The van der Waals surface area contributed by atoms with Crippen LogP contribution in [0.3, 0.4) is 0 Å². The number of carbonyl (C=O) groups is 2. The number of nitrogens with two attached hydrogens (primary N) is 1. The highest BCUT2D eigenvalue weighted by molar-refractivity contribution is 5.87. The lowest BCUT2D eigenvalue weighted by molar-refractivity contribution is -0.718. The molecule has 26 heavy (non-hydrogen) atoms. The summed E-state index contributed by atoms with van der Waals surface area (Å²) in [6.45, 7) is 1.61. The van der Waals surface area contributed by atoms with E-state index < -0.39 is 0 Å². The van der Waals surface area contributed by atoms with E-state index in [1.165, 1.54) is 18.4 Å². The van der Waals surface area contributed by atoms with Crippen LogP contribution in [0.1, 0.15) is 56.4 Å². The molecular weight excluding hydrogens is 326 g/mol. The highest BCUT2D eigenvalue weighted by Gasteiger charge is 2.41. The van der Waals surface area contributed by atoms with E-state index in [9.17, 15) is 9.59 Å². The molecular formula is C21H30N3O2+. The summed E-state index contributed by atoms with van der Waals surface area (Å²) in [5.41, 5.74) is 1.38. The number of nitrogens with zero attached hydrogens (tertiary/aromatic N) is 1. The first-order chi connectivity index (χ1) is 12.7. The number of amides is 2. The van der Waals surface area contributed by atoms with Crippen LogP contribution in [0.25, 0.3) is 0 Å². The Morgan fingerprint density at radius 3 is 2.58 bits per heavy atom. The number of hydrogen-bond acceptors (Lipinski definition) is 2. The summed E-state index contributed by atoms with van der Waals surface area (Å²) in [5, 5.41) is 5.34. The van der Waals surface area contributed by atoms with Crippen molar-refractivity contribution >= 4 is 11.8 Å². The highest BCUT2D eigenvalue weighted by atomic mass is 16.2. The second-order valence-electron chi connectivity index (χ2n) is 8.13. The maximum Gasteiger partial charge on any atom is 0.279 e. The molecule has 2 amide bonds. The number of carbonyl (C=O) groups excluding carboxylic acids is 2. The molecule has 0 bridgehead atoms. The molecule has 3 fully saturated rings. The van der Waals surface area contributed by atoms with Crippen LogP contribution >= 0.6 is 0 Å². The van der Waals surface area contributed by atoms with E-state index in [0.29, 0.717) is 24.4 Å². The molecule has 2 aliphatic heterocycles. The molecule has 0 aromatic heterocycles. The molecule has 1 saturated carbocycles. The van der Waals surface area contributed by atoms with Crippen molar-refractivity contribution in [1.29, 1.82) is 0 Å². The Labute approximate surface area is 155 Å². The number of hydrogen-bond donors (Lipinski definition) is 2. The standard InChI is InChI=1S/C21H29N3O2/c25-20(14-19-21(26)23-18-9-5-4-8-17(18)22-19)24-12-10-16(11-13-24)15-6-2-1-3-7-15/h1-3,6-7,16-19,22H,4-5,8-14H2,(H,23,26)/p+1/t17-,18+,19+/m1/s1. The number of piperazine rings is 1. The molecule has 3 N–H and O–H groups in total. The van der Waals surface area contributed by atoms with Crippen LogP contribution < -0.4 is 10.6 Å². The van der Waals surface area contributed by atoms with E-state index >= 15 is 0 Å². The molecule has 0 spiro atoms. The Morgan fingerprint density at radius 1 is 1.08 bits per heavy atom. The van der Waals surface area contributed by atoms with Crippen molar-refractivity contribution in [2.24, 2.45) is 0 Å². The van der Waals surface area contributed by atoms with Gasteiger partial charge in [-0.05, 0) is 37.2 Å². The Balaban J connectivity index is 1.29. The lowest BCUT2D eigenvalue weighted by Crippen LogP contribution is -3.03. The average molecular weight is 356 g/mol. The molecule has 1 aromatic carbocycles. The number of benzene rings is 1. The van der Waals surface area contributed by atoms with Crippen LogP contribution in [-0.4, -0.2) is 47.9 Å². The molecule has 5 nitrogen and oxygen atoms in total. The van der Waals surface area contributed by atoms with Crippen molar-refractivity contribution in [2.45, 2.75) is 69.0 Å².